The van der Waals surface area contributed by atoms with Gasteiger partial charge in [-0.3, -0.25) is 0 Å². The van der Waals surface area contributed by atoms with Crippen LogP contribution in [0, 0.1) is 0 Å². The van der Waals surface area contributed by atoms with Crippen LogP contribution in [-0.4, -0.2) is 13.1 Å². The maximum Gasteiger partial charge on any atom is 0.0375 e. The van der Waals surface area contributed by atoms with E-state index in [1.165, 1.54) is 52.8 Å². The van der Waals surface area contributed by atoms with Crippen molar-refractivity contribution in [1.29, 1.82) is 0 Å². The van der Waals surface area contributed by atoms with E-state index in [-0.39, 0.29) is 0 Å². The molecule has 0 saturated carbocycles. The molecular formula is C24H34N2. The Kier molecular flexibility index (Phi) is 6.37. The quantitative estimate of drug-likeness (QED) is 0.734. The number of anilines is 1. The lowest BCUT2D eigenvalue weighted by Crippen LogP contribution is -2.23. The first-order valence-electron chi connectivity index (χ1n) is 10.2. The lowest BCUT2D eigenvalue weighted by atomic mass is 9.94. The number of rotatable bonds is 2. The van der Waals surface area contributed by atoms with Gasteiger partial charge in [0.15, 0.2) is 0 Å². The molecule has 140 valence electrons. The SMILES string of the molecule is CC(C)c1ccc2c(c1)CNCC2.CC(C)c1ccc2c(c1)NCCC2. The van der Waals surface area contributed by atoms with Gasteiger partial charge in [0.25, 0.3) is 0 Å². The lowest BCUT2D eigenvalue weighted by molar-refractivity contribution is 0.641. The molecule has 0 spiro atoms. The van der Waals surface area contributed by atoms with Gasteiger partial charge in [0, 0.05) is 18.8 Å². The third-order valence-electron chi connectivity index (χ3n) is 5.52. The van der Waals surface area contributed by atoms with Gasteiger partial charge >= 0.3 is 0 Å². The molecule has 2 aliphatic heterocycles. The number of nitrogens with one attached hydrogen (secondary N) is 2. The van der Waals surface area contributed by atoms with Crippen molar-refractivity contribution >= 4 is 5.69 Å². The molecule has 0 fully saturated rings. The largest absolute Gasteiger partial charge is 0.385 e. The first-order chi connectivity index (χ1) is 12.5. The molecule has 2 aromatic carbocycles. The summed E-state index contributed by atoms with van der Waals surface area (Å²) in [6.45, 7) is 12.3. The fourth-order valence-corrected chi connectivity index (χ4v) is 3.70. The average Bonchev–Trinajstić information content (AvgIpc) is 2.67. The van der Waals surface area contributed by atoms with Gasteiger partial charge in [0.2, 0.25) is 0 Å². The maximum absolute atomic E-state index is 3.46. The molecular weight excluding hydrogens is 316 g/mol. The molecule has 26 heavy (non-hydrogen) atoms. The number of hydrogen-bond donors (Lipinski definition) is 2. The third kappa shape index (κ3) is 4.67. The van der Waals surface area contributed by atoms with E-state index in [2.05, 4.69) is 74.7 Å². The summed E-state index contributed by atoms with van der Waals surface area (Å²) in [6, 6.07) is 13.8. The molecule has 2 heterocycles. The zero-order valence-corrected chi connectivity index (χ0v) is 16.9. The summed E-state index contributed by atoms with van der Waals surface area (Å²) in [7, 11) is 0. The highest BCUT2D eigenvalue weighted by Crippen LogP contribution is 2.26. The van der Waals surface area contributed by atoms with Gasteiger partial charge in [-0.05, 0) is 71.5 Å². The average molecular weight is 351 g/mol. The first-order valence-corrected chi connectivity index (χ1v) is 10.2. The van der Waals surface area contributed by atoms with Crippen molar-refractivity contribution in [3.63, 3.8) is 0 Å². The third-order valence-corrected chi connectivity index (χ3v) is 5.52. The Balaban J connectivity index is 0.000000151. The van der Waals surface area contributed by atoms with Gasteiger partial charge in [0.1, 0.15) is 0 Å². The highest BCUT2D eigenvalue weighted by molar-refractivity contribution is 5.55. The Morgan fingerprint density at radius 1 is 0.731 bits per heavy atom. The highest BCUT2D eigenvalue weighted by atomic mass is 14.9. The van der Waals surface area contributed by atoms with Crippen molar-refractivity contribution in [2.24, 2.45) is 0 Å². The van der Waals surface area contributed by atoms with Crippen LogP contribution < -0.4 is 10.6 Å². The molecule has 2 heteroatoms. The van der Waals surface area contributed by atoms with E-state index in [1.807, 2.05) is 0 Å². The standard InChI is InChI=1S/2C12H17N/c1-9(2)11-4-3-10-5-6-13-8-12(10)7-11;1-9(2)11-6-5-10-4-3-7-13-12(10)8-11/h3-4,7,9,13H,5-6,8H2,1-2H3;5-6,8-9,13H,3-4,7H2,1-2H3. The van der Waals surface area contributed by atoms with Crippen LogP contribution in [0.15, 0.2) is 36.4 Å². The molecule has 4 rings (SSSR count). The Labute approximate surface area is 159 Å². The predicted molar refractivity (Wildman–Crippen MR) is 113 cm³/mol. The zero-order chi connectivity index (χ0) is 18.5. The van der Waals surface area contributed by atoms with E-state index in [4.69, 9.17) is 0 Å². The molecule has 2 N–H and O–H groups in total. The summed E-state index contributed by atoms with van der Waals surface area (Å²) >= 11 is 0. The smallest absolute Gasteiger partial charge is 0.0375 e. The van der Waals surface area contributed by atoms with Crippen molar-refractivity contribution in [3.05, 3.63) is 64.2 Å². The normalized spacial score (nSPS) is 15.6. The molecule has 2 aromatic rings. The predicted octanol–water partition coefficient (Wildman–Crippen LogP) is 5.62. The van der Waals surface area contributed by atoms with Crippen LogP contribution in [-0.2, 0) is 19.4 Å². The van der Waals surface area contributed by atoms with Gasteiger partial charge in [-0.1, -0.05) is 58.0 Å². The number of hydrogen-bond acceptors (Lipinski definition) is 2. The molecule has 0 aromatic heterocycles. The van der Waals surface area contributed by atoms with Crippen molar-refractivity contribution in [3.8, 4) is 0 Å². The molecule has 0 saturated heterocycles. The van der Waals surface area contributed by atoms with Crippen LogP contribution in [0.2, 0.25) is 0 Å². The minimum Gasteiger partial charge on any atom is -0.385 e. The maximum atomic E-state index is 3.46. The highest BCUT2D eigenvalue weighted by Gasteiger charge is 2.10. The molecule has 0 bridgehead atoms. The molecule has 2 nitrogen and oxygen atoms in total. The molecule has 0 amide bonds. The van der Waals surface area contributed by atoms with Crippen LogP contribution in [0.3, 0.4) is 0 Å². The van der Waals surface area contributed by atoms with Gasteiger partial charge in [-0.2, -0.15) is 0 Å². The fraction of sp³-hybridized carbons (Fsp3) is 0.500. The van der Waals surface area contributed by atoms with Crippen LogP contribution >= 0.6 is 0 Å². The summed E-state index contributed by atoms with van der Waals surface area (Å²) < 4.78 is 0. The van der Waals surface area contributed by atoms with E-state index in [0.717, 1.165) is 19.6 Å². The van der Waals surface area contributed by atoms with E-state index >= 15 is 0 Å². The Morgan fingerprint density at radius 3 is 2.15 bits per heavy atom. The Morgan fingerprint density at radius 2 is 1.42 bits per heavy atom. The summed E-state index contributed by atoms with van der Waals surface area (Å²) in [5, 5.41) is 6.86. The van der Waals surface area contributed by atoms with Crippen LogP contribution in [0.4, 0.5) is 5.69 Å². The van der Waals surface area contributed by atoms with Gasteiger partial charge in [-0.25, -0.2) is 0 Å². The number of aryl methyl sites for hydroxylation is 1. The second-order valence-electron chi connectivity index (χ2n) is 8.21. The topological polar surface area (TPSA) is 24.1 Å². The summed E-state index contributed by atoms with van der Waals surface area (Å²) in [4.78, 5) is 0. The van der Waals surface area contributed by atoms with Crippen molar-refractivity contribution in [2.45, 2.75) is 65.3 Å². The number of benzene rings is 2. The lowest BCUT2D eigenvalue weighted by Gasteiger charge is -2.19. The molecule has 0 radical (unpaired) electrons. The van der Waals surface area contributed by atoms with Crippen molar-refractivity contribution in [1.82, 2.24) is 5.32 Å². The molecule has 0 aliphatic carbocycles. The van der Waals surface area contributed by atoms with Gasteiger partial charge < -0.3 is 10.6 Å². The van der Waals surface area contributed by atoms with Gasteiger partial charge in [-0.15, -0.1) is 0 Å². The Bertz CT molecular complexity index is 667. The molecule has 0 unspecified atom stereocenters. The molecule has 0 atom stereocenters. The minimum atomic E-state index is 0.633. The minimum absolute atomic E-state index is 0.633. The summed E-state index contributed by atoms with van der Waals surface area (Å²) in [5.41, 5.74) is 8.77. The van der Waals surface area contributed by atoms with Crippen molar-refractivity contribution in [2.75, 3.05) is 18.4 Å². The second kappa shape index (κ2) is 8.73. The summed E-state index contributed by atoms with van der Waals surface area (Å²) in [6.07, 6.45) is 3.70. The van der Waals surface area contributed by atoms with E-state index in [9.17, 15) is 0 Å². The van der Waals surface area contributed by atoms with Gasteiger partial charge in [0.05, 0.1) is 0 Å². The summed E-state index contributed by atoms with van der Waals surface area (Å²) in [5.74, 6) is 1.28. The van der Waals surface area contributed by atoms with E-state index in [0.29, 0.717) is 11.8 Å². The molecule has 2 aliphatic rings. The fourth-order valence-electron chi connectivity index (χ4n) is 3.70. The monoisotopic (exact) mass is 350 g/mol. The number of fused-ring (bicyclic) bond motifs is 2. The van der Waals surface area contributed by atoms with E-state index in [1.54, 1.807) is 0 Å². The zero-order valence-electron chi connectivity index (χ0n) is 16.9. The van der Waals surface area contributed by atoms with E-state index < -0.39 is 0 Å². The van der Waals surface area contributed by atoms with Crippen LogP contribution in [0.5, 0.6) is 0 Å². The first kappa shape index (κ1) is 19.0. The van der Waals surface area contributed by atoms with Crippen molar-refractivity contribution < 1.29 is 0 Å². The van der Waals surface area contributed by atoms with Crippen LogP contribution in [0.1, 0.15) is 73.8 Å². The Hall–Kier alpha value is -1.80. The van der Waals surface area contributed by atoms with Crippen LogP contribution in [0.25, 0.3) is 0 Å². The second-order valence-corrected chi connectivity index (χ2v) is 8.21.